The minimum absolute atomic E-state index is 0.188. The fourth-order valence-corrected chi connectivity index (χ4v) is 3.27. The van der Waals surface area contributed by atoms with Crippen molar-refractivity contribution in [3.63, 3.8) is 0 Å². The summed E-state index contributed by atoms with van der Waals surface area (Å²) in [4.78, 5) is 0.188. The molecule has 100 valence electrons. The molecule has 3 rings (SSSR count). The Bertz CT molecular complexity index is 574. The molecule has 0 N–H and O–H groups in total. The molecule has 1 aliphatic rings. The highest BCUT2D eigenvalue weighted by Gasteiger charge is 2.18. The van der Waals surface area contributed by atoms with E-state index < -0.39 is 0 Å². The van der Waals surface area contributed by atoms with E-state index in [0.717, 1.165) is 37.4 Å². The maximum atomic E-state index is 5.66. The molecule has 1 aliphatic heterocycles. The third kappa shape index (κ3) is 2.44. The van der Waals surface area contributed by atoms with Crippen LogP contribution in [0.1, 0.15) is 40.6 Å². The summed E-state index contributed by atoms with van der Waals surface area (Å²) < 4.78 is 11.2. The summed E-state index contributed by atoms with van der Waals surface area (Å²) in [6.45, 7) is 2.95. The Morgan fingerprint density at radius 3 is 3.05 bits per heavy atom. The third-order valence-electron chi connectivity index (χ3n) is 3.60. The Kier molecular flexibility index (Phi) is 3.65. The van der Waals surface area contributed by atoms with Crippen LogP contribution in [-0.2, 0) is 12.8 Å². The zero-order valence-corrected chi connectivity index (χ0v) is 12.6. The van der Waals surface area contributed by atoms with Gasteiger partial charge in [0.2, 0.25) is 0 Å². The second-order valence-corrected chi connectivity index (χ2v) is 5.75. The normalized spacial score (nSPS) is 15.7. The first-order chi connectivity index (χ1) is 9.29. The van der Waals surface area contributed by atoms with Gasteiger partial charge in [-0.1, -0.05) is 35.0 Å². The van der Waals surface area contributed by atoms with E-state index in [9.17, 15) is 0 Å². The van der Waals surface area contributed by atoms with Crippen LogP contribution in [0.15, 0.2) is 34.9 Å². The van der Waals surface area contributed by atoms with Gasteiger partial charge >= 0.3 is 0 Å². The Hall–Kier alpha value is -1.22. The molecular weight excluding hydrogens is 304 g/mol. The minimum Gasteiger partial charge on any atom is -0.493 e. The van der Waals surface area contributed by atoms with Gasteiger partial charge in [-0.2, -0.15) is 0 Å². The molecule has 0 amide bonds. The highest BCUT2D eigenvalue weighted by molar-refractivity contribution is 9.09. The predicted molar refractivity (Wildman–Crippen MR) is 79.1 cm³/mol. The number of halogens is 1. The van der Waals surface area contributed by atoms with Crippen molar-refractivity contribution >= 4 is 15.9 Å². The molecule has 0 radical (unpaired) electrons. The first-order valence-electron chi connectivity index (χ1n) is 6.75. The molecule has 0 bridgehead atoms. The van der Waals surface area contributed by atoms with Gasteiger partial charge in [-0.3, -0.25) is 0 Å². The molecule has 1 atom stereocenters. The lowest BCUT2D eigenvalue weighted by atomic mass is 9.99. The number of furan rings is 1. The summed E-state index contributed by atoms with van der Waals surface area (Å²) in [5, 5.41) is 0. The van der Waals surface area contributed by atoms with Crippen molar-refractivity contribution < 1.29 is 9.15 Å². The van der Waals surface area contributed by atoms with E-state index in [4.69, 9.17) is 9.15 Å². The molecule has 1 aromatic heterocycles. The summed E-state index contributed by atoms with van der Waals surface area (Å²) in [5.74, 6) is 2.09. The molecule has 1 aromatic carbocycles. The Morgan fingerprint density at radius 1 is 1.32 bits per heavy atom. The summed E-state index contributed by atoms with van der Waals surface area (Å²) in [6, 6.07) is 8.52. The molecule has 2 nitrogen and oxygen atoms in total. The van der Waals surface area contributed by atoms with Gasteiger partial charge in [0.15, 0.2) is 0 Å². The van der Waals surface area contributed by atoms with Gasteiger partial charge in [0, 0.05) is 12.0 Å². The first kappa shape index (κ1) is 12.8. The molecule has 0 saturated heterocycles. The maximum absolute atomic E-state index is 5.66. The molecule has 0 spiro atoms. The average molecular weight is 321 g/mol. The van der Waals surface area contributed by atoms with E-state index in [2.05, 4.69) is 41.1 Å². The van der Waals surface area contributed by atoms with Crippen LogP contribution in [0.3, 0.4) is 0 Å². The monoisotopic (exact) mass is 320 g/mol. The number of rotatable bonds is 3. The van der Waals surface area contributed by atoms with Crippen molar-refractivity contribution in [1.82, 2.24) is 0 Å². The third-order valence-corrected chi connectivity index (χ3v) is 4.62. The first-order valence-corrected chi connectivity index (χ1v) is 7.67. The fourth-order valence-electron chi connectivity index (χ4n) is 2.58. The van der Waals surface area contributed by atoms with Crippen molar-refractivity contribution in [2.24, 2.45) is 0 Å². The lowest BCUT2D eigenvalue weighted by Crippen LogP contribution is -2.09. The van der Waals surface area contributed by atoms with Crippen LogP contribution in [0.4, 0.5) is 0 Å². The van der Waals surface area contributed by atoms with Crippen LogP contribution in [0.2, 0.25) is 0 Å². The summed E-state index contributed by atoms with van der Waals surface area (Å²) in [5.41, 5.74) is 3.80. The minimum atomic E-state index is 0.188. The zero-order valence-electron chi connectivity index (χ0n) is 11.0. The van der Waals surface area contributed by atoms with Crippen molar-refractivity contribution in [3.05, 3.63) is 53.0 Å². The van der Waals surface area contributed by atoms with Crippen LogP contribution in [0, 0.1) is 0 Å². The SMILES string of the molecule is CCc1occc1C(Br)c1ccc2c(c1)CCCO2. The number of fused-ring (bicyclic) bond motifs is 1. The van der Waals surface area contributed by atoms with Gasteiger partial charge < -0.3 is 9.15 Å². The average Bonchev–Trinajstić information content (AvgIpc) is 2.94. The van der Waals surface area contributed by atoms with Crippen LogP contribution >= 0.6 is 15.9 Å². The van der Waals surface area contributed by atoms with Crippen molar-refractivity contribution in [2.45, 2.75) is 31.0 Å². The van der Waals surface area contributed by atoms with Crippen LogP contribution < -0.4 is 4.74 Å². The van der Waals surface area contributed by atoms with E-state index in [1.807, 2.05) is 6.07 Å². The fraction of sp³-hybridized carbons (Fsp3) is 0.375. The van der Waals surface area contributed by atoms with E-state index >= 15 is 0 Å². The van der Waals surface area contributed by atoms with Crippen molar-refractivity contribution in [2.75, 3.05) is 6.61 Å². The maximum Gasteiger partial charge on any atom is 0.122 e. The van der Waals surface area contributed by atoms with Gasteiger partial charge in [0.1, 0.15) is 11.5 Å². The van der Waals surface area contributed by atoms with Gasteiger partial charge in [0.25, 0.3) is 0 Å². The summed E-state index contributed by atoms with van der Waals surface area (Å²) in [7, 11) is 0. The highest BCUT2D eigenvalue weighted by atomic mass is 79.9. The molecule has 0 saturated carbocycles. The van der Waals surface area contributed by atoms with E-state index in [0.29, 0.717) is 0 Å². The Morgan fingerprint density at radius 2 is 2.21 bits per heavy atom. The second-order valence-electron chi connectivity index (χ2n) is 4.83. The zero-order chi connectivity index (χ0) is 13.2. The van der Waals surface area contributed by atoms with E-state index in [1.54, 1.807) is 6.26 Å². The molecule has 1 unspecified atom stereocenters. The Labute approximate surface area is 121 Å². The van der Waals surface area contributed by atoms with Gasteiger partial charge in [-0.05, 0) is 36.1 Å². The number of ether oxygens (including phenoxy) is 1. The number of benzene rings is 1. The highest BCUT2D eigenvalue weighted by Crippen LogP contribution is 2.36. The molecule has 19 heavy (non-hydrogen) atoms. The second kappa shape index (κ2) is 5.41. The number of alkyl halides is 1. The van der Waals surface area contributed by atoms with Gasteiger partial charge in [-0.25, -0.2) is 0 Å². The molecular formula is C16H17BrO2. The van der Waals surface area contributed by atoms with E-state index in [-0.39, 0.29) is 4.83 Å². The number of hydrogen-bond donors (Lipinski definition) is 0. The van der Waals surface area contributed by atoms with Crippen LogP contribution in [-0.4, -0.2) is 6.61 Å². The molecule has 0 aliphatic carbocycles. The van der Waals surface area contributed by atoms with Gasteiger partial charge in [-0.15, -0.1) is 0 Å². The van der Waals surface area contributed by atoms with Gasteiger partial charge in [0.05, 0.1) is 17.7 Å². The molecule has 3 heteroatoms. The molecule has 0 fully saturated rings. The quantitative estimate of drug-likeness (QED) is 0.768. The number of aryl methyl sites for hydroxylation is 2. The Balaban J connectivity index is 1.93. The van der Waals surface area contributed by atoms with Crippen LogP contribution in [0.25, 0.3) is 0 Å². The lowest BCUT2D eigenvalue weighted by Gasteiger charge is -2.19. The largest absolute Gasteiger partial charge is 0.493 e. The summed E-state index contributed by atoms with van der Waals surface area (Å²) >= 11 is 3.79. The van der Waals surface area contributed by atoms with Crippen molar-refractivity contribution in [1.29, 1.82) is 0 Å². The van der Waals surface area contributed by atoms with Crippen molar-refractivity contribution in [3.8, 4) is 5.75 Å². The molecule has 2 heterocycles. The molecule has 2 aromatic rings. The van der Waals surface area contributed by atoms with Crippen LogP contribution in [0.5, 0.6) is 5.75 Å². The van der Waals surface area contributed by atoms with E-state index in [1.165, 1.54) is 16.7 Å². The smallest absolute Gasteiger partial charge is 0.122 e. The lowest BCUT2D eigenvalue weighted by molar-refractivity contribution is 0.288. The predicted octanol–water partition coefficient (Wildman–Crippen LogP) is 4.65. The number of hydrogen-bond acceptors (Lipinski definition) is 2. The topological polar surface area (TPSA) is 22.4 Å². The standard InChI is InChI=1S/C16H17BrO2/c1-2-14-13(7-9-19-14)16(17)12-5-6-15-11(10-12)4-3-8-18-15/h5-7,9-10,16H,2-4,8H2,1H3. The summed E-state index contributed by atoms with van der Waals surface area (Å²) in [6.07, 6.45) is 4.90.